The standard InChI is InChI=1S/C14H22O2S/c15-14(7-10-3-5-16-6-4-10)11-8-12-1-2-13(9-11)17-12/h10-13H,1-9H2. The van der Waals surface area contributed by atoms with Crippen molar-refractivity contribution in [3.05, 3.63) is 0 Å². The van der Waals surface area contributed by atoms with Crippen LogP contribution in [0.5, 0.6) is 0 Å². The van der Waals surface area contributed by atoms with E-state index in [0.717, 1.165) is 43.0 Å². The number of carbonyl (C=O) groups excluding carboxylic acids is 1. The Kier molecular flexibility index (Phi) is 3.76. The molecule has 96 valence electrons. The van der Waals surface area contributed by atoms with Crippen LogP contribution in [-0.2, 0) is 9.53 Å². The lowest BCUT2D eigenvalue weighted by atomic mass is 9.86. The monoisotopic (exact) mass is 254 g/mol. The highest BCUT2D eigenvalue weighted by Crippen LogP contribution is 2.46. The van der Waals surface area contributed by atoms with Gasteiger partial charge in [-0.05, 0) is 44.4 Å². The smallest absolute Gasteiger partial charge is 0.136 e. The first-order valence-corrected chi connectivity index (χ1v) is 8.01. The van der Waals surface area contributed by atoms with Crippen molar-refractivity contribution in [2.24, 2.45) is 11.8 Å². The topological polar surface area (TPSA) is 26.3 Å². The van der Waals surface area contributed by atoms with E-state index in [1.165, 1.54) is 25.7 Å². The highest BCUT2D eigenvalue weighted by Gasteiger charge is 2.37. The van der Waals surface area contributed by atoms with Crippen LogP contribution in [0.4, 0.5) is 0 Å². The predicted molar refractivity (Wildman–Crippen MR) is 70.3 cm³/mol. The van der Waals surface area contributed by atoms with Gasteiger partial charge in [0.25, 0.3) is 0 Å². The molecule has 3 rings (SSSR count). The van der Waals surface area contributed by atoms with Crippen molar-refractivity contribution in [1.82, 2.24) is 0 Å². The van der Waals surface area contributed by atoms with Gasteiger partial charge in [-0.1, -0.05) is 0 Å². The maximum Gasteiger partial charge on any atom is 0.136 e. The molecule has 0 radical (unpaired) electrons. The summed E-state index contributed by atoms with van der Waals surface area (Å²) >= 11 is 2.15. The fourth-order valence-electron chi connectivity index (χ4n) is 3.52. The lowest BCUT2D eigenvalue weighted by Gasteiger charge is -2.28. The molecule has 3 saturated heterocycles. The summed E-state index contributed by atoms with van der Waals surface area (Å²) in [6.45, 7) is 1.73. The first kappa shape index (κ1) is 12.0. The zero-order chi connectivity index (χ0) is 11.7. The van der Waals surface area contributed by atoms with Gasteiger partial charge in [0.1, 0.15) is 5.78 Å². The molecule has 0 saturated carbocycles. The van der Waals surface area contributed by atoms with Crippen LogP contribution in [0.2, 0.25) is 0 Å². The quantitative estimate of drug-likeness (QED) is 0.774. The van der Waals surface area contributed by atoms with Crippen LogP contribution in [0.15, 0.2) is 0 Å². The van der Waals surface area contributed by atoms with Crippen LogP contribution in [0.1, 0.15) is 44.9 Å². The van der Waals surface area contributed by atoms with Gasteiger partial charge >= 0.3 is 0 Å². The van der Waals surface area contributed by atoms with Crippen LogP contribution in [-0.4, -0.2) is 29.5 Å². The largest absolute Gasteiger partial charge is 0.381 e. The number of Topliss-reactive ketones (excluding diaryl/α,β-unsaturated/α-hetero) is 1. The minimum Gasteiger partial charge on any atom is -0.381 e. The predicted octanol–water partition coefficient (Wildman–Crippen LogP) is 3.05. The molecule has 3 heterocycles. The second-order valence-corrected chi connectivity index (χ2v) is 7.46. The first-order chi connectivity index (χ1) is 8.31. The fraction of sp³-hybridized carbons (Fsp3) is 0.929. The molecule has 3 aliphatic rings. The zero-order valence-corrected chi connectivity index (χ0v) is 11.2. The van der Waals surface area contributed by atoms with E-state index in [1.807, 2.05) is 0 Å². The van der Waals surface area contributed by atoms with Gasteiger partial charge in [0, 0.05) is 36.1 Å². The maximum absolute atomic E-state index is 12.3. The Morgan fingerprint density at radius 2 is 1.71 bits per heavy atom. The van der Waals surface area contributed by atoms with E-state index in [2.05, 4.69) is 11.8 Å². The summed E-state index contributed by atoms with van der Waals surface area (Å²) in [6, 6.07) is 0. The summed E-state index contributed by atoms with van der Waals surface area (Å²) in [4.78, 5) is 12.3. The number of ether oxygens (including phenoxy) is 1. The number of carbonyl (C=O) groups is 1. The summed E-state index contributed by atoms with van der Waals surface area (Å²) in [6.07, 6.45) is 8.08. The zero-order valence-electron chi connectivity index (χ0n) is 10.4. The van der Waals surface area contributed by atoms with Crippen LogP contribution >= 0.6 is 11.8 Å². The lowest BCUT2D eigenvalue weighted by Crippen LogP contribution is -2.27. The highest BCUT2D eigenvalue weighted by molar-refractivity contribution is 8.00. The Morgan fingerprint density at radius 1 is 1.06 bits per heavy atom. The Bertz CT molecular complexity index is 274. The van der Waals surface area contributed by atoms with Crippen LogP contribution < -0.4 is 0 Å². The minimum absolute atomic E-state index is 0.400. The van der Waals surface area contributed by atoms with Crippen molar-refractivity contribution in [3.63, 3.8) is 0 Å². The van der Waals surface area contributed by atoms with Gasteiger partial charge in [0.15, 0.2) is 0 Å². The Labute approximate surface area is 108 Å². The maximum atomic E-state index is 12.3. The molecule has 0 aromatic heterocycles. The van der Waals surface area contributed by atoms with Crippen molar-refractivity contribution >= 4 is 17.5 Å². The molecule has 3 aliphatic heterocycles. The summed E-state index contributed by atoms with van der Waals surface area (Å²) in [5.74, 6) is 1.58. The van der Waals surface area contributed by atoms with Gasteiger partial charge in [-0.2, -0.15) is 11.8 Å². The number of ketones is 1. The third kappa shape index (κ3) is 2.87. The Morgan fingerprint density at radius 3 is 2.35 bits per heavy atom. The molecular formula is C14H22O2S. The molecule has 0 aromatic carbocycles. The second kappa shape index (κ2) is 5.31. The average molecular weight is 254 g/mol. The highest BCUT2D eigenvalue weighted by atomic mass is 32.2. The van der Waals surface area contributed by atoms with Crippen LogP contribution in [0.25, 0.3) is 0 Å². The summed E-state index contributed by atoms with van der Waals surface area (Å²) in [7, 11) is 0. The van der Waals surface area contributed by atoms with Gasteiger partial charge in [-0.15, -0.1) is 0 Å². The van der Waals surface area contributed by atoms with E-state index in [0.29, 0.717) is 17.6 Å². The normalized spacial score (nSPS) is 38.2. The number of hydrogen-bond donors (Lipinski definition) is 0. The summed E-state index contributed by atoms with van der Waals surface area (Å²) in [5.41, 5.74) is 0. The van der Waals surface area contributed by atoms with Crippen molar-refractivity contribution in [2.45, 2.75) is 55.4 Å². The van der Waals surface area contributed by atoms with Gasteiger partial charge < -0.3 is 4.74 Å². The van der Waals surface area contributed by atoms with Gasteiger partial charge in [0.05, 0.1) is 0 Å². The summed E-state index contributed by atoms with van der Waals surface area (Å²) < 4.78 is 5.36. The van der Waals surface area contributed by atoms with Gasteiger partial charge in [-0.3, -0.25) is 4.79 Å². The Hall–Kier alpha value is -0.0200. The third-order valence-corrected chi connectivity index (χ3v) is 6.20. The number of thioether (sulfide) groups is 1. The number of fused-ring (bicyclic) bond motifs is 2. The first-order valence-electron chi connectivity index (χ1n) is 7.07. The molecule has 17 heavy (non-hydrogen) atoms. The molecular weight excluding hydrogens is 232 g/mol. The third-order valence-electron chi connectivity index (χ3n) is 4.58. The van der Waals surface area contributed by atoms with E-state index in [-0.39, 0.29) is 0 Å². The molecule has 0 spiro atoms. The van der Waals surface area contributed by atoms with Gasteiger partial charge in [0.2, 0.25) is 0 Å². The lowest BCUT2D eigenvalue weighted by molar-refractivity contribution is -0.124. The SMILES string of the molecule is O=C(CC1CCOCC1)C1CC2CCC(C1)S2. The molecule has 3 fully saturated rings. The molecule has 3 heteroatoms. The number of rotatable bonds is 3. The molecule has 0 aromatic rings. The van der Waals surface area contributed by atoms with E-state index in [1.54, 1.807) is 0 Å². The molecule has 2 unspecified atom stereocenters. The summed E-state index contributed by atoms with van der Waals surface area (Å²) in [5, 5.41) is 1.61. The Balaban J connectivity index is 1.51. The van der Waals surface area contributed by atoms with E-state index in [4.69, 9.17) is 4.74 Å². The molecule has 2 atom stereocenters. The minimum atomic E-state index is 0.400. The fourth-order valence-corrected chi connectivity index (χ4v) is 5.30. The van der Waals surface area contributed by atoms with E-state index < -0.39 is 0 Å². The van der Waals surface area contributed by atoms with Crippen molar-refractivity contribution in [1.29, 1.82) is 0 Å². The average Bonchev–Trinajstić information content (AvgIpc) is 2.69. The van der Waals surface area contributed by atoms with E-state index >= 15 is 0 Å². The van der Waals surface area contributed by atoms with Crippen molar-refractivity contribution in [2.75, 3.05) is 13.2 Å². The molecule has 0 amide bonds. The van der Waals surface area contributed by atoms with Crippen molar-refractivity contribution in [3.8, 4) is 0 Å². The molecule has 0 N–H and O–H groups in total. The van der Waals surface area contributed by atoms with Crippen LogP contribution in [0.3, 0.4) is 0 Å². The van der Waals surface area contributed by atoms with Crippen molar-refractivity contribution < 1.29 is 9.53 Å². The molecule has 2 nitrogen and oxygen atoms in total. The van der Waals surface area contributed by atoms with Gasteiger partial charge in [-0.25, -0.2) is 0 Å². The second-order valence-electron chi connectivity index (χ2n) is 5.85. The van der Waals surface area contributed by atoms with Crippen LogP contribution in [0, 0.1) is 11.8 Å². The van der Waals surface area contributed by atoms with E-state index in [9.17, 15) is 4.79 Å². The molecule has 0 aliphatic carbocycles. The molecule has 2 bridgehead atoms. The number of hydrogen-bond acceptors (Lipinski definition) is 3.